The highest BCUT2D eigenvalue weighted by atomic mass is 35.5. The third kappa shape index (κ3) is 3.42. The van der Waals surface area contributed by atoms with Gasteiger partial charge in [-0.05, 0) is 49.9 Å². The van der Waals surface area contributed by atoms with Crippen LogP contribution in [0, 0.1) is 6.92 Å². The van der Waals surface area contributed by atoms with Gasteiger partial charge in [0.2, 0.25) is 0 Å². The zero-order valence-corrected chi connectivity index (χ0v) is 17.8. The molecular weight excluding hydrogens is 396 g/mol. The summed E-state index contributed by atoms with van der Waals surface area (Å²) in [6, 6.07) is 14.5. The van der Waals surface area contributed by atoms with Crippen molar-refractivity contribution in [3.63, 3.8) is 0 Å². The molecule has 1 aromatic heterocycles. The molecule has 0 unspecified atom stereocenters. The Hall–Kier alpha value is -2.63. The van der Waals surface area contributed by atoms with Crippen LogP contribution in [-0.4, -0.2) is 34.7 Å². The molecule has 6 heteroatoms. The van der Waals surface area contributed by atoms with E-state index in [0.29, 0.717) is 17.6 Å². The van der Waals surface area contributed by atoms with Crippen molar-refractivity contribution in [1.82, 2.24) is 14.9 Å². The lowest BCUT2D eigenvalue weighted by Gasteiger charge is -2.39. The second-order valence-corrected chi connectivity index (χ2v) is 8.64. The second-order valence-electron chi connectivity index (χ2n) is 8.23. The van der Waals surface area contributed by atoms with Gasteiger partial charge in [0.1, 0.15) is 0 Å². The van der Waals surface area contributed by atoms with Crippen LogP contribution in [0.1, 0.15) is 41.3 Å². The number of carbonyl (C=O) groups excluding carboxylic acids is 1. The van der Waals surface area contributed by atoms with Crippen molar-refractivity contribution in [1.29, 1.82) is 0 Å². The first-order valence-electron chi connectivity index (χ1n) is 10.5. The van der Waals surface area contributed by atoms with Gasteiger partial charge in [-0.1, -0.05) is 41.4 Å². The Balaban J connectivity index is 1.33. The Labute approximate surface area is 181 Å². The van der Waals surface area contributed by atoms with Gasteiger partial charge in [-0.3, -0.25) is 9.69 Å². The lowest BCUT2D eigenvalue weighted by molar-refractivity contribution is -0.123. The van der Waals surface area contributed by atoms with Gasteiger partial charge in [-0.25, -0.2) is 5.43 Å². The standard InChI is InChI=1S/C24H25ClN4O/c1-16-9-10-21-19(13-16)18-6-4-8-22-24(18)29(21)12-11-28(22)15-23(30)27-26-14-17-5-2-3-7-20(17)25/h2-3,5,7,9-10,13-14,22H,4,6,8,11-12,15H2,1H3,(H,27,30)/t22-/m0/s1. The Kier molecular flexibility index (Phi) is 5.09. The quantitative estimate of drug-likeness (QED) is 0.501. The summed E-state index contributed by atoms with van der Waals surface area (Å²) in [6.45, 7) is 4.30. The summed E-state index contributed by atoms with van der Waals surface area (Å²) >= 11 is 6.13. The van der Waals surface area contributed by atoms with Crippen LogP contribution < -0.4 is 5.43 Å². The van der Waals surface area contributed by atoms with Gasteiger partial charge in [-0.2, -0.15) is 5.10 Å². The summed E-state index contributed by atoms with van der Waals surface area (Å²) in [5.41, 5.74) is 8.99. The van der Waals surface area contributed by atoms with Crippen LogP contribution in [0.15, 0.2) is 47.6 Å². The number of carbonyl (C=O) groups is 1. The van der Waals surface area contributed by atoms with Crippen molar-refractivity contribution in [3.05, 3.63) is 69.9 Å². The van der Waals surface area contributed by atoms with E-state index in [4.69, 9.17) is 11.6 Å². The fraction of sp³-hybridized carbons (Fsp3) is 0.333. The molecule has 154 valence electrons. The van der Waals surface area contributed by atoms with Gasteiger partial charge < -0.3 is 4.57 Å². The van der Waals surface area contributed by atoms with Crippen molar-refractivity contribution in [2.45, 2.75) is 38.8 Å². The van der Waals surface area contributed by atoms with Crippen LogP contribution in [0.2, 0.25) is 5.02 Å². The zero-order chi connectivity index (χ0) is 20.7. The number of rotatable bonds is 4. The summed E-state index contributed by atoms with van der Waals surface area (Å²) in [5, 5.41) is 6.11. The number of halogens is 1. The molecular formula is C24H25ClN4O. The molecule has 5 rings (SSSR count). The van der Waals surface area contributed by atoms with E-state index in [0.717, 1.165) is 37.9 Å². The first-order chi connectivity index (χ1) is 14.6. The topological polar surface area (TPSA) is 49.6 Å². The van der Waals surface area contributed by atoms with Crippen LogP contribution in [0.3, 0.4) is 0 Å². The number of benzene rings is 2. The number of hydrazone groups is 1. The Bertz CT molecular complexity index is 1150. The van der Waals surface area contributed by atoms with Crippen LogP contribution in [0.25, 0.3) is 10.9 Å². The molecule has 1 atom stereocenters. The number of nitrogens with zero attached hydrogens (tertiary/aromatic N) is 3. The third-order valence-corrected chi connectivity index (χ3v) is 6.63. The number of fused-ring (bicyclic) bond motifs is 3. The van der Waals surface area contributed by atoms with E-state index in [9.17, 15) is 4.79 Å². The van der Waals surface area contributed by atoms with E-state index >= 15 is 0 Å². The van der Waals surface area contributed by atoms with Gasteiger partial charge >= 0.3 is 0 Å². The summed E-state index contributed by atoms with van der Waals surface area (Å²) in [5.74, 6) is -0.0918. The van der Waals surface area contributed by atoms with Crippen LogP contribution in [0.5, 0.6) is 0 Å². The van der Waals surface area contributed by atoms with Gasteiger partial charge in [0.05, 0.1) is 18.8 Å². The van der Waals surface area contributed by atoms with E-state index in [-0.39, 0.29) is 5.91 Å². The molecule has 3 aromatic rings. The Morgan fingerprint density at radius 2 is 2.13 bits per heavy atom. The minimum Gasteiger partial charge on any atom is -0.342 e. The number of hydrogen-bond donors (Lipinski definition) is 1. The second kappa shape index (κ2) is 7.89. The predicted octanol–water partition coefficient (Wildman–Crippen LogP) is 4.45. The molecule has 1 aliphatic heterocycles. The molecule has 1 amide bonds. The predicted molar refractivity (Wildman–Crippen MR) is 121 cm³/mol. The molecule has 0 spiro atoms. The maximum Gasteiger partial charge on any atom is 0.254 e. The highest BCUT2D eigenvalue weighted by Gasteiger charge is 2.35. The van der Waals surface area contributed by atoms with Crippen LogP contribution >= 0.6 is 11.6 Å². The summed E-state index contributed by atoms with van der Waals surface area (Å²) < 4.78 is 2.48. The summed E-state index contributed by atoms with van der Waals surface area (Å²) in [6.07, 6.45) is 4.97. The monoisotopic (exact) mass is 420 g/mol. The van der Waals surface area contributed by atoms with Crippen molar-refractivity contribution < 1.29 is 4.79 Å². The molecule has 1 aliphatic carbocycles. The SMILES string of the molecule is Cc1ccc2c(c1)c1c3n2CCN(CC(=O)NN=Cc2ccccc2Cl)[C@H]3CCC1. The van der Waals surface area contributed by atoms with Crippen LogP contribution in [0.4, 0.5) is 0 Å². The number of nitrogens with one attached hydrogen (secondary N) is 1. The Morgan fingerprint density at radius 1 is 1.27 bits per heavy atom. The van der Waals surface area contributed by atoms with Crippen molar-refractivity contribution in [2.24, 2.45) is 5.10 Å². The van der Waals surface area contributed by atoms with E-state index in [1.54, 1.807) is 12.3 Å². The Morgan fingerprint density at radius 3 is 3.00 bits per heavy atom. The minimum atomic E-state index is -0.0918. The van der Waals surface area contributed by atoms with Gasteiger partial charge in [0, 0.05) is 40.3 Å². The first-order valence-corrected chi connectivity index (χ1v) is 10.9. The smallest absolute Gasteiger partial charge is 0.254 e. The van der Waals surface area contributed by atoms with Gasteiger partial charge in [0.25, 0.3) is 5.91 Å². The summed E-state index contributed by atoms with van der Waals surface area (Å²) in [7, 11) is 0. The third-order valence-electron chi connectivity index (χ3n) is 6.28. The van der Waals surface area contributed by atoms with E-state index in [2.05, 4.69) is 45.1 Å². The maximum atomic E-state index is 12.6. The van der Waals surface area contributed by atoms with Crippen LogP contribution in [-0.2, 0) is 17.8 Å². The highest BCUT2D eigenvalue weighted by molar-refractivity contribution is 6.33. The number of aryl methyl sites for hydroxylation is 2. The lowest BCUT2D eigenvalue weighted by Crippen LogP contribution is -2.44. The molecule has 0 saturated carbocycles. The zero-order valence-electron chi connectivity index (χ0n) is 17.1. The van der Waals surface area contributed by atoms with Crippen molar-refractivity contribution in [3.8, 4) is 0 Å². The summed E-state index contributed by atoms with van der Waals surface area (Å²) in [4.78, 5) is 14.9. The van der Waals surface area contributed by atoms with Crippen molar-refractivity contribution >= 4 is 34.6 Å². The molecule has 2 aromatic carbocycles. The molecule has 30 heavy (non-hydrogen) atoms. The normalized spacial score (nSPS) is 18.7. The molecule has 0 fully saturated rings. The molecule has 1 N–H and O–H groups in total. The fourth-order valence-corrected chi connectivity index (χ4v) is 5.14. The fourth-order valence-electron chi connectivity index (χ4n) is 4.95. The number of aromatic nitrogens is 1. The van der Waals surface area contributed by atoms with E-state index in [1.807, 2.05) is 18.2 Å². The highest BCUT2D eigenvalue weighted by Crippen LogP contribution is 2.42. The van der Waals surface area contributed by atoms with Gasteiger partial charge in [-0.15, -0.1) is 0 Å². The van der Waals surface area contributed by atoms with E-state index < -0.39 is 0 Å². The van der Waals surface area contributed by atoms with Crippen molar-refractivity contribution in [2.75, 3.05) is 13.1 Å². The molecule has 2 heterocycles. The average Bonchev–Trinajstić information content (AvgIpc) is 3.06. The van der Waals surface area contributed by atoms with Gasteiger partial charge in [0.15, 0.2) is 0 Å². The molecule has 0 radical (unpaired) electrons. The molecule has 2 aliphatic rings. The largest absolute Gasteiger partial charge is 0.342 e. The molecule has 0 saturated heterocycles. The molecule has 0 bridgehead atoms. The minimum absolute atomic E-state index is 0.0918. The molecule has 5 nitrogen and oxygen atoms in total. The number of hydrogen-bond acceptors (Lipinski definition) is 3. The maximum absolute atomic E-state index is 12.6. The number of amides is 1. The van der Waals surface area contributed by atoms with E-state index in [1.165, 1.54) is 27.7 Å². The average molecular weight is 421 g/mol. The lowest BCUT2D eigenvalue weighted by atomic mass is 9.89. The first kappa shape index (κ1) is 19.3.